The largest absolute Gasteiger partial charge is 3.00 e. The Balaban J connectivity index is 0. The summed E-state index contributed by atoms with van der Waals surface area (Å²) in [5, 5.41) is 27.3. The monoisotopic (exact) mass is 247 g/mol. The van der Waals surface area contributed by atoms with Gasteiger partial charge in [0, 0.05) is 12.4 Å². The molecule has 0 heterocycles. The van der Waals surface area contributed by atoms with E-state index in [1.54, 1.807) is 0 Å². The maximum absolute atomic E-state index is 9.58. The van der Waals surface area contributed by atoms with E-state index in [1.807, 2.05) is 0 Å². The van der Waals surface area contributed by atoms with Crippen molar-refractivity contribution in [3.05, 3.63) is 0 Å². The van der Waals surface area contributed by atoms with E-state index in [9.17, 15) is 19.8 Å². The number of rotatable bonds is 3. The number of carboxylic acid groups (broad SMARTS) is 2. The van der Waals surface area contributed by atoms with Gasteiger partial charge in [-0.15, -0.1) is 0 Å². The van der Waals surface area contributed by atoms with Crippen LogP contribution in [0.3, 0.4) is 0 Å². The average molecular weight is 247 g/mol. The van der Waals surface area contributed by atoms with Crippen molar-refractivity contribution in [2.75, 3.05) is 0 Å². The Morgan fingerprint density at radius 2 is 1.80 bits per heavy atom. The smallest absolute Gasteiger partial charge is 0.550 e. The van der Waals surface area contributed by atoms with E-state index in [0.717, 1.165) is 0 Å². The number of aliphatic hydroxyl groups excluding tert-OH is 1. The molecule has 0 aliphatic rings. The second-order valence-corrected chi connectivity index (χ2v) is 1.41. The Labute approximate surface area is 75.4 Å². The molecule has 1 N–H and O–H groups in total. The summed E-state index contributed by atoms with van der Waals surface area (Å²) in [5.41, 5.74) is 0. The van der Waals surface area contributed by atoms with Gasteiger partial charge in [0.25, 0.3) is 0 Å². The molecule has 5 nitrogen and oxygen atoms in total. The van der Waals surface area contributed by atoms with Crippen LogP contribution < -0.4 is 10.2 Å². The maximum Gasteiger partial charge on any atom is 3.00 e. The van der Waals surface area contributed by atoms with Gasteiger partial charge >= 0.3 is 25.8 Å². The third kappa shape index (κ3) is 5.90. The van der Waals surface area contributed by atoms with E-state index >= 15 is 0 Å². The van der Waals surface area contributed by atoms with Crippen LogP contribution in [0.1, 0.15) is 6.42 Å². The Morgan fingerprint density at radius 3 is 1.90 bits per heavy atom. The van der Waals surface area contributed by atoms with Crippen molar-refractivity contribution in [2.45, 2.75) is 12.5 Å². The Morgan fingerprint density at radius 1 is 1.40 bits per heavy atom. The first-order chi connectivity index (χ1) is 4.04. The number of hydrogen-bond acceptors (Lipinski definition) is 5. The fraction of sp³-hybridized carbons (Fsp3) is 0.500. The van der Waals surface area contributed by atoms with Crippen LogP contribution in [0.5, 0.6) is 0 Å². The molecule has 0 spiro atoms. The summed E-state index contributed by atoms with van der Waals surface area (Å²) in [4.78, 5) is 19.1. The molecule has 1 unspecified atom stereocenters. The number of carboxylic acids is 2. The summed E-state index contributed by atoms with van der Waals surface area (Å²) in [7, 11) is 0. The molecule has 1 atom stereocenters. The van der Waals surface area contributed by atoms with Crippen LogP contribution in [0.25, 0.3) is 0 Å². The first kappa shape index (κ1) is 12.4. The maximum atomic E-state index is 9.58. The summed E-state index contributed by atoms with van der Waals surface area (Å²) < 4.78 is 0. The molecule has 0 saturated heterocycles. The zero-order valence-electron chi connectivity index (χ0n) is 4.94. The van der Waals surface area contributed by atoms with Crippen LogP contribution >= 0.6 is 0 Å². The molecule has 0 aliphatic carbocycles. The average Bonchev–Trinajstić information content (AvgIpc) is 1.63. The minimum atomic E-state index is -1.96. The van der Waals surface area contributed by atoms with Crippen LogP contribution in [0.4, 0.5) is 0 Å². The van der Waals surface area contributed by atoms with Crippen molar-refractivity contribution >= 4 is 37.8 Å². The second kappa shape index (κ2) is 5.55. The Bertz CT molecular complexity index is 134. The van der Waals surface area contributed by atoms with Crippen LogP contribution in [-0.4, -0.2) is 49.0 Å². The van der Waals surface area contributed by atoms with Gasteiger partial charge in [-0.1, -0.05) is 0 Å². The fourth-order valence-corrected chi connectivity index (χ4v) is 0.241. The Hall–Kier alpha value is -0.230. The molecule has 0 bridgehead atoms. The number of aliphatic carboxylic acids is 2. The molecule has 0 saturated carbocycles. The molecular weight excluding hydrogens is 243 g/mol. The first-order valence-electron chi connectivity index (χ1n) is 2.13. The predicted octanol–water partition coefficient (Wildman–Crippen LogP) is -4.14. The molecule has 0 aromatic carbocycles. The van der Waals surface area contributed by atoms with Crippen LogP contribution in [0.15, 0.2) is 0 Å². The van der Waals surface area contributed by atoms with Crippen molar-refractivity contribution in [2.24, 2.45) is 0 Å². The predicted molar refractivity (Wildman–Crippen MR) is 26.4 cm³/mol. The van der Waals surface area contributed by atoms with Gasteiger partial charge in [0.1, 0.15) is 0 Å². The summed E-state index contributed by atoms with van der Waals surface area (Å²) in [6, 6.07) is 0. The molecule has 52 valence electrons. The normalized spacial score (nSPS) is 11.3. The Kier molecular flexibility index (Phi) is 6.90. The second-order valence-electron chi connectivity index (χ2n) is 1.41. The van der Waals surface area contributed by atoms with E-state index < -0.39 is 24.5 Å². The van der Waals surface area contributed by atoms with Crippen LogP contribution in [0, 0.1) is 0 Å². The summed E-state index contributed by atoms with van der Waals surface area (Å²) in [6.07, 6.45) is -2.89. The van der Waals surface area contributed by atoms with E-state index in [-0.39, 0.29) is 25.8 Å². The number of aliphatic hydroxyl groups is 1. The first-order valence-corrected chi connectivity index (χ1v) is 2.13. The van der Waals surface area contributed by atoms with Gasteiger partial charge in [0.15, 0.2) is 0 Å². The van der Waals surface area contributed by atoms with Gasteiger partial charge in [0.05, 0.1) is 12.1 Å². The topological polar surface area (TPSA) is 100 Å². The zero-order valence-corrected chi connectivity index (χ0v) is 8.24. The van der Waals surface area contributed by atoms with Gasteiger partial charge in [-0.3, -0.25) is 0 Å². The molecule has 0 radical (unpaired) electrons. The summed E-state index contributed by atoms with van der Waals surface area (Å²) >= 11 is 0. The molecule has 6 heteroatoms. The van der Waals surface area contributed by atoms with Crippen LogP contribution in [0.2, 0.25) is 0 Å². The number of hydrogen-bond donors (Lipinski definition) is 1. The number of carbonyl (C=O) groups excluding carboxylic acids is 2. The van der Waals surface area contributed by atoms with Crippen molar-refractivity contribution in [1.82, 2.24) is 0 Å². The SMILES string of the molecule is O=C([O-])CC(O)C(=O)[O-].[In+3]. The molecule has 10 heavy (non-hydrogen) atoms. The number of carbonyl (C=O) groups is 2. The summed E-state index contributed by atoms with van der Waals surface area (Å²) in [6.45, 7) is 0. The van der Waals surface area contributed by atoms with Gasteiger partial charge in [-0.05, 0) is 0 Å². The van der Waals surface area contributed by atoms with E-state index in [4.69, 9.17) is 5.11 Å². The van der Waals surface area contributed by atoms with Crippen LogP contribution in [-0.2, 0) is 9.59 Å². The van der Waals surface area contributed by atoms with Gasteiger partial charge < -0.3 is 24.9 Å². The van der Waals surface area contributed by atoms with E-state index in [1.165, 1.54) is 0 Å². The van der Waals surface area contributed by atoms with E-state index in [2.05, 4.69) is 0 Å². The van der Waals surface area contributed by atoms with E-state index in [0.29, 0.717) is 0 Å². The molecule has 0 aliphatic heterocycles. The standard InChI is InChI=1S/C4H6O5.In/c5-2(4(8)9)1-3(6)7;/h2,5H,1H2,(H,6,7)(H,8,9);/q;+3/p-2. The van der Waals surface area contributed by atoms with Crippen molar-refractivity contribution in [3.63, 3.8) is 0 Å². The van der Waals surface area contributed by atoms with Gasteiger partial charge in [0.2, 0.25) is 0 Å². The minimum absolute atomic E-state index is 0. The van der Waals surface area contributed by atoms with Gasteiger partial charge in [-0.25, -0.2) is 0 Å². The van der Waals surface area contributed by atoms with Crippen molar-refractivity contribution in [1.29, 1.82) is 0 Å². The molecule has 0 aromatic rings. The third-order valence-electron chi connectivity index (χ3n) is 0.632. The van der Waals surface area contributed by atoms with Crippen molar-refractivity contribution in [3.8, 4) is 0 Å². The van der Waals surface area contributed by atoms with Gasteiger partial charge in [-0.2, -0.15) is 0 Å². The summed E-state index contributed by atoms with van der Waals surface area (Å²) in [5.74, 6) is -3.43. The molecule has 0 amide bonds. The molecule has 0 aromatic heterocycles. The quantitative estimate of drug-likeness (QED) is 0.545. The molecule has 0 fully saturated rings. The van der Waals surface area contributed by atoms with Crippen molar-refractivity contribution < 1.29 is 24.9 Å². The third-order valence-corrected chi connectivity index (χ3v) is 0.632. The minimum Gasteiger partial charge on any atom is -0.550 e. The molecular formula is C4H4InO5+. The fourth-order valence-electron chi connectivity index (χ4n) is 0.241. The zero-order chi connectivity index (χ0) is 7.44. The molecule has 0 rings (SSSR count).